The molecule has 20 heavy (non-hydrogen) atoms. The van der Waals surface area contributed by atoms with Crippen LogP contribution in [0.25, 0.3) is 0 Å². The van der Waals surface area contributed by atoms with Crippen LogP contribution in [0.4, 0.5) is 25.8 Å². The lowest BCUT2D eigenvalue weighted by Crippen LogP contribution is -2.28. The number of nitrogens with zero attached hydrogens (tertiary/aromatic N) is 2. The van der Waals surface area contributed by atoms with Gasteiger partial charge in [0.2, 0.25) is 0 Å². The van der Waals surface area contributed by atoms with Gasteiger partial charge in [-0.05, 0) is 30.7 Å². The number of benzene rings is 2. The van der Waals surface area contributed by atoms with E-state index in [2.05, 4.69) is 11.8 Å². The van der Waals surface area contributed by atoms with Gasteiger partial charge >= 0.3 is 0 Å². The highest BCUT2D eigenvalue weighted by atomic mass is 19.1. The van der Waals surface area contributed by atoms with Gasteiger partial charge in [0.25, 0.3) is 0 Å². The molecule has 1 aliphatic rings. The summed E-state index contributed by atoms with van der Waals surface area (Å²) in [4.78, 5) is 4.10. The van der Waals surface area contributed by atoms with Crippen LogP contribution in [0.5, 0.6) is 0 Å². The van der Waals surface area contributed by atoms with E-state index in [1.165, 1.54) is 12.1 Å². The smallest absolute Gasteiger partial charge is 0.149 e. The quantitative estimate of drug-likeness (QED) is 0.823. The minimum atomic E-state index is -0.552. The normalized spacial score (nSPS) is 13.8. The van der Waals surface area contributed by atoms with Gasteiger partial charge in [-0.25, -0.2) is 8.78 Å². The van der Waals surface area contributed by atoms with Crippen LogP contribution in [0.1, 0.15) is 13.3 Å². The Labute approximate surface area is 117 Å². The van der Waals surface area contributed by atoms with Crippen molar-refractivity contribution in [3.63, 3.8) is 0 Å². The Morgan fingerprint density at radius 3 is 2.45 bits per heavy atom. The molecule has 0 fully saturated rings. The zero-order chi connectivity index (χ0) is 14.1. The van der Waals surface area contributed by atoms with E-state index < -0.39 is 11.6 Å². The Kier molecular flexibility index (Phi) is 3.30. The average Bonchev–Trinajstić information content (AvgIpc) is 2.79. The van der Waals surface area contributed by atoms with Crippen LogP contribution < -0.4 is 9.80 Å². The first-order valence-corrected chi connectivity index (χ1v) is 6.77. The van der Waals surface area contributed by atoms with Crippen LogP contribution in [-0.2, 0) is 0 Å². The first kappa shape index (κ1) is 12.9. The Morgan fingerprint density at radius 1 is 1.00 bits per heavy atom. The van der Waals surface area contributed by atoms with Crippen molar-refractivity contribution in [2.45, 2.75) is 13.3 Å². The summed E-state index contributed by atoms with van der Waals surface area (Å²) in [6.45, 7) is 3.62. The summed E-state index contributed by atoms with van der Waals surface area (Å²) < 4.78 is 27.1. The average molecular weight is 274 g/mol. The first-order chi connectivity index (χ1) is 9.70. The minimum Gasteiger partial charge on any atom is -0.352 e. The SMILES string of the molecule is CCCN1CN(c2ccc(F)cc2F)c2ccccc21. The van der Waals surface area contributed by atoms with Crippen LogP contribution in [0.15, 0.2) is 42.5 Å². The summed E-state index contributed by atoms with van der Waals surface area (Å²) in [6, 6.07) is 11.6. The molecule has 0 radical (unpaired) electrons. The van der Waals surface area contributed by atoms with Crippen LogP contribution in [-0.4, -0.2) is 13.2 Å². The van der Waals surface area contributed by atoms with Crippen molar-refractivity contribution < 1.29 is 8.78 Å². The molecule has 0 aliphatic carbocycles. The van der Waals surface area contributed by atoms with E-state index in [1.807, 2.05) is 29.2 Å². The predicted octanol–water partition coefficient (Wildman–Crippen LogP) is 4.29. The molecule has 0 saturated carbocycles. The summed E-state index contributed by atoms with van der Waals surface area (Å²) >= 11 is 0. The molecule has 0 aromatic heterocycles. The molecule has 1 heterocycles. The highest BCUT2D eigenvalue weighted by Crippen LogP contribution is 2.41. The highest BCUT2D eigenvalue weighted by Gasteiger charge is 2.27. The van der Waals surface area contributed by atoms with Crippen LogP contribution >= 0.6 is 0 Å². The molecule has 104 valence electrons. The molecule has 4 heteroatoms. The third kappa shape index (κ3) is 2.11. The Bertz CT molecular complexity index is 628. The Hall–Kier alpha value is -2.10. The molecule has 0 N–H and O–H groups in total. The van der Waals surface area contributed by atoms with Gasteiger partial charge < -0.3 is 9.80 Å². The number of anilines is 3. The largest absolute Gasteiger partial charge is 0.352 e. The van der Waals surface area contributed by atoms with Gasteiger partial charge in [0.1, 0.15) is 11.6 Å². The number of hydrogen-bond donors (Lipinski definition) is 0. The third-order valence-corrected chi connectivity index (χ3v) is 3.52. The molecule has 0 spiro atoms. The monoisotopic (exact) mass is 274 g/mol. The standard InChI is InChI=1S/C16H16F2N2/c1-2-9-19-11-20(16-6-4-3-5-15(16)19)14-8-7-12(17)10-13(14)18/h3-8,10H,2,9,11H2,1H3. The van der Waals surface area contributed by atoms with Crippen molar-refractivity contribution in [2.24, 2.45) is 0 Å². The molecular weight excluding hydrogens is 258 g/mol. The van der Waals surface area contributed by atoms with Crippen LogP contribution in [0.3, 0.4) is 0 Å². The summed E-state index contributed by atoms with van der Waals surface area (Å²) in [5.74, 6) is -1.08. The van der Waals surface area contributed by atoms with E-state index in [-0.39, 0.29) is 0 Å². The van der Waals surface area contributed by atoms with Gasteiger partial charge in [0, 0.05) is 12.6 Å². The second-order valence-electron chi connectivity index (χ2n) is 4.92. The molecule has 0 saturated heterocycles. The van der Waals surface area contributed by atoms with Crippen molar-refractivity contribution in [3.8, 4) is 0 Å². The molecule has 3 rings (SSSR count). The fourth-order valence-electron chi connectivity index (χ4n) is 2.65. The lowest BCUT2D eigenvalue weighted by atomic mass is 10.2. The highest BCUT2D eigenvalue weighted by molar-refractivity contribution is 5.82. The second-order valence-corrected chi connectivity index (χ2v) is 4.92. The van der Waals surface area contributed by atoms with Gasteiger partial charge in [0.15, 0.2) is 0 Å². The zero-order valence-corrected chi connectivity index (χ0v) is 11.3. The second kappa shape index (κ2) is 5.12. The Balaban J connectivity index is 2.03. The maximum Gasteiger partial charge on any atom is 0.149 e. The fourth-order valence-corrected chi connectivity index (χ4v) is 2.65. The molecule has 0 bridgehead atoms. The number of fused-ring (bicyclic) bond motifs is 1. The van der Waals surface area contributed by atoms with E-state index in [1.54, 1.807) is 0 Å². The van der Waals surface area contributed by atoms with Gasteiger partial charge in [-0.15, -0.1) is 0 Å². The fraction of sp³-hybridized carbons (Fsp3) is 0.250. The zero-order valence-electron chi connectivity index (χ0n) is 11.3. The lowest BCUT2D eigenvalue weighted by Gasteiger charge is -2.21. The maximum atomic E-state index is 14.0. The van der Waals surface area contributed by atoms with Crippen molar-refractivity contribution in [2.75, 3.05) is 23.0 Å². The minimum absolute atomic E-state index is 0.414. The van der Waals surface area contributed by atoms with E-state index in [9.17, 15) is 8.78 Å². The van der Waals surface area contributed by atoms with Gasteiger partial charge in [-0.3, -0.25) is 0 Å². The summed E-state index contributed by atoms with van der Waals surface area (Å²) in [5, 5.41) is 0. The van der Waals surface area contributed by atoms with E-state index in [0.717, 1.165) is 30.4 Å². The van der Waals surface area contributed by atoms with Crippen LogP contribution in [0, 0.1) is 11.6 Å². The maximum absolute atomic E-state index is 14.0. The molecule has 2 aromatic rings. The number of para-hydroxylation sites is 2. The molecular formula is C16H16F2N2. The molecule has 2 nitrogen and oxygen atoms in total. The van der Waals surface area contributed by atoms with E-state index in [0.29, 0.717) is 12.4 Å². The molecule has 0 amide bonds. The van der Waals surface area contributed by atoms with Gasteiger partial charge in [-0.2, -0.15) is 0 Å². The first-order valence-electron chi connectivity index (χ1n) is 6.77. The van der Waals surface area contributed by atoms with E-state index >= 15 is 0 Å². The number of rotatable bonds is 3. The van der Waals surface area contributed by atoms with Gasteiger partial charge in [0.05, 0.1) is 23.7 Å². The number of halogens is 2. The predicted molar refractivity (Wildman–Crippen MR) is 77.4 cm³/mol. The van der Waals surface area contributed by atoms with Crippen molar-refractivity contribution in [1.29, 1.82) is 0 Å². The summed E-state index contributed by atoms with van der Waals surface area (Å²) in [5.41, 5.74) is 2.47. The molecule has 0 unspecified atom stereocenters. The topological polar surface area (TPSA) is 6.48 Å². The third-order valence-electron chi connectivity index (χ3n) is 3.52. The van der Waals surface area contributed by atoms with E-state index in [4.69, 9.17) is 0 Å². The van der Waals surface area contributed by atoms with Crippen molar-refractivity contribution >= 4 is 17.1 Å². The molecule has 0 atom stereocenters. The van der Waals surface area contributed by atoms with Crippen LogP contribution in [0.2, 0.25) is 0 Å². The van der Waals surface area contributed by atoms with Crippen molar-refractivity contribution in [3.05, 3.63) is 54.1 Å². The number of hydrogen-bond acceptors (Lipinski definition) is 2. The van der Waals surface area contributed by atoms with Crippen molar-refractivity contribution in [1.82, 2.24) is 0 Å². The lowest BCUT2D eigenvalue weighted by molar-refractivity contribution is 0.582. The summed E-state index contributed by atoms with van der Waals surface area (Å²) in [6.07, 6.45) is 1.02. The molecule has 2 aromatic carbocycles. The molecule has 1 aliphatic heterocycles. The Morgan fingerprint density at radius 2 is 1.75 bits per heavy atom. The van der Waals surface area contributed by atoms with Gasteiger partial charge in [-0.1, -0.05) is 19.1 Å². The summed E-state index contributed by atoms with van der Waals surface area (Å²) in [7, 11) is 0.